The van der Waals surface area contributed by atoms with E-state index in [1.165, 1.54) is 89.7 Å². The topological polar surface area (TPSA) is 214 Å². The number of amides is 4. The lowest BCUT2D eigenvalue weighted by Gasteiger charge is -2.37. The monoisotopic (exact) mass is 1610 g/mol. The summed E-state index contributed by atoms with van der Waals surface area (Å²) in [5.74, 6) is 1.55. The summed E-state index contributed by atoms with van der Waals surface area (Å²) in [6.07, 6.45) is 1.58. The number of phenolic OH excluding ortho intramolecular Hbond substituents is 4. The maximum Gasteiger partial charge on any atom is 0.416 e. The van der Waals surface area contributed by atoms with E-state index in [0.29, 0.717) is 83.9 Å². The quantitative estimate of drug-likeness (QED) is 0.0495. The van der Waals surface area contributed by atoms with Crippen LogP contribution >= 0.6 is 22.9 Å². The Labute approximate surface area is 664 Å². The number of halogens is 8. The molecular weight excluding hydrogens is 1520 g/mol. The fraction of sp³-hybridized carbons (Fsp3) is 0.209. The minimum Gasteiger partial charge on any atom is -0.508 e. The second-order valence-corrected chi connectivity index (χ2v) is 26.5. The zero-order valence-electron chi connectivity index (χ0n) is 58.2. The Hall–Kier alpha value is -12.6. The molecule has 0 spiro atoms. The van der Waals surface area contributed by atoms with Crippen LogP contribution in [0.3, 0.4) is 0 Å². The molecule has 4 N–H and O–H groups in total. The van der Waals surface area contributed by atoms with Gasteiger partial charge in [0.1, 0.15) is 114 Å². The first-order valence-electron chi connectivity index (χ1n) is 34.1. The summed E-state index contributed by atoms with van der Waals surface area (Å²) in [5, 5.41) is 39.5. The van der Waals surface area contributed by atoms with Crippen molar-refractivity contribution in [2.45, 2.75) is 93.3 Å². The van der Waals surface area contributed by atoms with E-state index in [4.69, 9.17) is 30.5 Å². The van der Waals surface area contributed by atoms with Crippen LogP contribution in [0, 0.1) is 5.82 Å². The normalized spacial score (nSPS) is 15.4. The Morgan fingerprint density at radius 2 is 0.965 bits per heavy atom. The molecule has 598 valence electrons. The molecule has 4 amide bonds. The first-order chi connectivity index (χ1) is 52.9. The molecule has 4 aliphatic rings. The number of fused-ring (bicyclic) bond motifs is 4. The highest BCUT2D eigenvalue weighted by Gasteiger charge is 2.38. The van der Waals surface area contributed by atoms with Gasteiger partial charge in [-0.1, -0.05) is 77.7 Å². The number of carbonyl (C=O) groups is 4. The molecule has 0 aliphatic carbocycles. The molecule has 0 saturated heterocycles. The third-order valence-corrected chi connectivity index (χ3v) is 19.2. The molecule has 4 aromatic heterocycles. The lowest BCUT2D eigenvalue weighted by atomic mass is 10.0. The minimum absolute atomic E-state index is 0. The van der Waals surface area contributed by atoms with Crippen LogP contribution < -0.4 is 18.9 Å². The zero-order chi connectivity index (χ0) is 77.6. The van der Waals surface area contributed by atoms with Crippen LogP contribution in [0.5, 0.6) is 46.0 Å². The van der Waals surface area contributed by atoms with Gasteiger partial charge in [0.2, 0.25) is 17.7 Å². The number of carbonyl (C=O) groups excluding carboxylic acids is 4. The van der Waals surface area contributed by atoms with E-state index >= 15 is 0 Å². The lowest BCUT2D eigenvalue weighted by molar-refractivity contribution is -0.138. The maximum absolute atomic E-state index is 13.5. The number of hydrogen-bond donors (Lipinski definition) is 4. The van der Waals surface area contributed by atoms with Crippen molar-refractivity contribution in [3.05, 3.63) is 322 Å². The average Bonchev–Trinajstić information content (AvgIpc) is 1.54. The molecule has 0 saturated carbocycles. The lowest BCUT2D eigenvalue weighted by Crippen LogP contribution is -2.44. The van der Waals surface area contributed by atoms with Gasteiger partial charge >= 0.3 is 12.4 Å². The molecule has 2 unspecified atom stereocenters. The summed E-state index contributed by atoms with van der Waals surface area (Å²) in [4.78, 5) is 58.5. The van der Waals surface area contributed by atoms with Gasteiger partial charge in [0.05, 0.1) is 42.0 Å². The number of aromatic nitrogens is 3. The van der Waals surface area contributed by atoms with Crippen molar-refractivity contribution < 1.29 is 89.3 Å². The Morgan fingerprint density at radius 1 is 0.509 bits per heavy atom. The van der Waals surface area contributed by atoms with Gasteiger partial charge in [-0.2, -0.15) is 26.3 Å². The number of alkyl halides is 6. The third-order valence-electron chi connectivity index (χ3n) is 18.0. The molecule has 0 radical (unpaired) electrons. The Morgan fingerprint density at radius 3 is 1.46 bits per heavy atom. The van der Waals surface area contributed by atoms with Gasteiger partial charge in [0.15, 0.2) is 0 Å². The van der Waals surface area contributed by atoms with Crippen LogP contribution in [0.15, 0.2) is 260 Å². The number of rotatable bonds is 17. The first kappa shape index (κ1) is 87.0. The Kier molecular flexibility index (Phi) is 29.8. The molecule has 19 nitrogen and oxygen atoms in total. The van der Waals surface area contributed by atoms with Crippen LogP contribution in [0.1, 0.15) is 102 Å². The summed E-state index contributed by atoms with van der Waals surface area (Å²) >= 11 is 7.25. The van der Waals surface area contributed by atoms with Crippen molar-refractivity contribution in [2.75, 3.05) is 26.3 Å². The predicted octanol–water partition coefficient (Wildman–Crippen LogP) is 19.1. The summed E-state index contributed by atoms with van der Waals surface area (Å²) in [7, 11) is 0. The van der Waals surface area contributed by atoms with E-state index in [-0.39, 0.29) is 121 Å². The SMILES string of the molecule is C.C.C.C.O=C(c1cccc(C(F)(F)F)c1)N1CCn2cccc2C1COc1ccc(O)cc1.O=C1Cc2ccsc2C(COc2ccc(O)cc2)N1C/C=C/Cl.O=C1Cn2cccc2/C(=C\Oc2ccc(O)cc2)N1Cc1cccc(C(F)(F)F)c1.O=C1Cn2cccc2/C(=C\Oc2ccc(O)cc2)N1Cc1cccc(F)c1. The molecule has 28 heteroatoms. The summed E-state index contributed by atoms with van der Waals surface area (Å²) in [6, 6.07) is 53.2. The zero-order valence-corrected chi connectivity index (χ0v) is 59.7. The molecule has 15 rings (SSSR count). The van der Waals surface area contributed by atoms with Crippen LogP contribution in [0.4, 0.5) is 30.7 Å². The molecule has 0 bridgehead atoms. The van der Waals surface area contributed by atoms with Crippen molar-refractivity contribution in [3.63, 3.8) is 0 Å². The van der Waals surface area contributed by atoms with Crippen molar-refractivity contribution >= 4 is 58.0 Å². The van der Waals surface area contributed by atoms with E-state index in [0.717, 1.165) is 46.1 Å². The fourth-order valence-electron chi connectivity index (χ4n) is 12.5. The number of nitrogens with zero attached hydrogens (tertiary/aromatic N) is 7. The van der Waals surface area contributed by atoms with Gasteiger partial charge in [0, 0.05) is 59.9 Å². The first-order valence-corrected chi connectivity index (χ1v) is 35.5. The number of thiophene rings is 1. The number of aromatic hydroxyl groups is 4. The van der Waals surface area contributed by atoms with E-state index in [1.54, 1.807) is 134 Å². The van der Waals surface area contributed by atoms with E-state index in [2.05, 4.69) is 0 Å². The van der Waals surface area contributed by atoms with Gasteiger partial charge in [-0.05, 0) is 204 Å². The standard InChI is InChI=1S/C22H17F3N2O3.C22H19F3N2O3.C21H17FN2O3.C17H16ClNO3S.4CH4/c23-22(24,25)16-4-1-3-15(11-16)12-27-20(14-30-18-8-6-17(28)7-9-18)19-5-2-10-26(19)13-21(27)29;23-22(24,25)16-4-1-3-15(13-16)21(29)27-12-11-26-10-2-5-19(26)20(27)14-30-18-8-6-17(28)7-9-18;22-16-4-1-3-15(11-16)12-24-20(14-27-18-8-6-17(25)7-9-18)19-5-2-10-23(19)13-21(24)26;18-7-1-8-19-15(11-22-14-4-2-13(20)3-5-14)17-12(6-9-23-17)10-16(19)21;;;;/h1-11,14,28H,12-13H2;1-10,13,20,28H,11-12,14H2;1-11,14,25H,12-13H2;1-7,9,15,20H,8,10-11H2;4*1H4/b20-14+;;20-14+;7-1+;;;;. The van der Waals surface area contributed by atoms with Crippen molar-refractivity contribution in [1.29, 1.82) is 0 Å². The summed E-state index contributed by atoms with van der Waals surface area (Å²) in [5.41, 5.74) is 5.33. The highest BCUT2D eigenvalue weighted by Crippen LogP contribution is 2.38. The van der Waals surface area contributed by atoms with E-state index in [1.807, 2.05) is 57.2 Å². The van der Waals surface area contributed by atoms with Gasteiger partial charge in [-0.3, -0.25) is 19.2 Å². The van der Waals surface area contributed by atoms with Crippen molar-refractivity contribution in [1.82, 2.24) is 33.3 Å². The molecular formula is C86H85ClF7N7O12S. The molecule has 11 aromatic rings. The van der Waals surface area contributed by atoms with Crippen LogP contribution in [-0.4, -0.2) is 104 Å². The largest absolute Gasteiger partial charge is 0.508 e. The molecule has 8 heterocycles. The smallest absolute Gasteiger partial charge is 0.416 e. The van der Waals surface area contributed by atoms with Gasteiger partial charge in [-0.25, -0.2) is 4.39 Å². The molecule has 0 fully saturated rings. The van der Waals surface area contributed by atoms with Crippen molar-refractivity contribution in [2.24, 2.45) is 0 Å². The minimum atomic E-state index is -4.52. The molecule has 4 aliphatic heterocycles. The van der Waals surface area contributed by atoms with Crippen LogP contribution in [-0.2, 0) is 65.9 Å². The van der Waals surface area contributed by atoms with Gasteiger partial charge in [-0.15, -0.1) is 11.3 Å². The van der Waals surface area contributed by atoms with Gasteiger partial charge in [0.25, 0.3) is 5.91 Å². The fourth-order valence-corrected chi connectivity index (χ4v) is 13.6. The molecule has 2 atom stereocenters. The maximum atomic E-state index is 13.5. The number of ether oxygens (including phenoxy) is 4. The second kappa shape index (κ2) is 39.0. The Balaban J connectivity index is 0.000000189. The number of benzene rings is 7. The second-order valence-electron chi connectivity index (χ2n) is 25.3. The third kappa shape index (κ3) is 21.7. The van der Waals surface area contributed by atoms with E-state index < -0.39 is 35.4 Å². The number of phenols is 4. The average molecular weight is 1610 g/mol. The highest BCUT2D eigenvalue weighted by atomic mass is 35.5. The summed E-state index contributed by atoms with van der Waals surface area (Å²) in [6.45, 7) is 2.35. The molecule has 114 heavy (non-hydrogen) atoms. The molecule has 7 aromatic carbocycles. The van der Waals surface area contributed by atoms with Crippen molar-refractivity contribution in [3.8, 4) is 46.0 Å². The van der Waals surface area contributed by atoms with Gasteiger partial charge < -0.3 is 72.7 Å². The Bertz CT molecular complexity index is 5140. The van der Waals surface area contributed by atoms with Crippen LogP contribution in [0.25, 0.3) is 11.4 Å². The highest BCUT2D eigenvalue weighted by molar-refractivity contribution is 7.10. The van der Waals surface area contributed by atoms with E-state index in [9.17, 15) is 70.3 Å². The van der Waals surface area contributed by atoms with Crippen LogP contribution in [0.2, 0.25) is 0 Å². The predicted molar refractivity (Wildman–Crippen MR) is 422 cm³/mol. The number of hydrogen-bond acceptors (Lipinski definition) is 13. The summed E-state index contributed by atoms with van der Waals surface area (Å²) < 4.78 is 121.